The standard InChI is InChI=1S/C13H12S/c1-2-4-12-11(3-1)6-5-10-7-8-14-13(12)9-10/h1-8,10,13H,9H2. The third kappa shape index (κ3) is 1.32. The van der Waals surface area contributed by atoms with Gasteiger partial charge in [-0.05, 0) is 28.9 Å². The molecule has 2 atom stereocenters. The van der Waals surface area contributed by atoms with E-state index in [1.807, 2.05) is 11.8 Å². The van der Waals surface area contributed by atoms with E-state index in [-0.39, 0.29) is 0 Å². The lowest BCUT2D eigenvalue weighted by Crippen LogP contribution is -2.02. The Kier molecular flexibility index (Phi) is 1.98. The van der Waals surface area contributed by atoms with E-state index in [1.54, 1.807) is 0 Å². The Balaban J connectivity index is 2.14. The van der Waals surface area contributed by atoms with E-state index in [9.17, 15) is 0 Å². The molecule has 1 aliphatic carbocycles. The van der Waals surface area contributed by atoms with Crippen molar-refractivity contribution in [3.63, 3.8) is 0 Å². The lowest BCUT2D eigenvalue weighted by atomic mass is 10.0. The first kappa shape index (κ1) is 8.37. The summed E-state index contributed by atoms with van der Waals surface area (Å²) in [6.07, 6.45) is 8.17. The summed E-state index contributed by atoms with van der Waals surface area (Å²) in [6.45, 7) is 0. The minimum atomic E-state index is 0.647. The molecule has 0 spiro atoms. The van der Waals surface area contributed by atoms with Crippen molar-refractivity contribution in [2.75, 3.05) is 0 Å². The van der Waals surface area contributed by atoms with Gasteiger partial charge >= 0.3 is 0 Å². The highest BCUT2D eigenvalue weighted by Crippen LogP contribution is 2.43. The first-order chi connectivity index (χ1) is 6.93. The van der Waals surface area contributed by atoms with Crippen molar-refractivity contribution >= 4 is 17.8 Å². The Morgan fingerprint density at radius 2 is 2.07 bits per heavy atom. The summed E-state index contributed by atoms with van der Waals surface area (Å²) in [5.74, 6) is 0.647. The number of hydrogen-bond donors (Lipinski definition) is 0. The molecule has 2 unspecified atom stereocenters. The number of fused-ring (bicyclic) bond motifs is 4. The average molecular weight is 200 g/mol. The Morgan fingerprint density at radius 3 is 3.07 bits per heavy atom. The van der Waals surface area contributed by atoms with E-state index in [4.69, 9.17) is 0 Å². The first-order valence-electron chi connectivity index (χ1n) is 5.03. The Bertz CT molecular complexity index is 403. The van der Waals surface area contributed by atoms with Crippen LogP contribution in [0.25, 0.3) is 6.08 Å². The van der Waals surface area contributed by atoms with Gasteiger partial charge in [0.25, 0.3) is 0 Å². The summed E-state index contributed by atoms with van der Waals surface area (Å²) in [6, 6.07) is 8.74. The second kappa shape index (κ2) is 3.32. The maximum atomic E-state index is 2.33. The number of rotatable bonds is 0. The highest BCUT2D eigenvalue weighted by atomic mass is 32.2. The molecule has 1 aliphatic heterocycles. The number of thioether (sulfide) groups is 1. The summed E-state index contributed by atoms with van der Waals surface area (Å²) in [5, 5.41) is 2.92. The molecule has 0 N–H and O–H groups in total. The van der Waals surface area contributed by atoms with Crippen molar-refractivity contribution in [3.05, 3.63) is 53.0 Å². The molecule has 0 fully saturated rings. The summed E-state index contributed by atoms with van der Waals surface area (Å²) >= 11 is 1.95. The van der Waals surface area contributed by atoms with Gasteiger partial charge in [-0.3, -0.25) is 0 Å². The topological polar surface area (TPSA) is 0 Å². The molecule has 1 heterocycles. The maximum Gasteiger partial charge on any atom is 0.0353 e. The molecule has 0 amide bonds. The molecule has 1 aromatic rings. The zero-order valence-electron chi connectivity index (χ0n) is 7.89. The van der Waals surface area contributed by atoms with Crippen LogP contribution in [0.5, 0.6) is 0 Å². The molecule has 2 bridgehead atoms. The number of hydrogen-bond acceptors (Lipinski definition) is 1. The molecular formula is C13H12S. The fourth-order valence-corrected chi connectivity index (χ4v) is 3.33. The van der Waals surface area contributed by atoms with Crippen LogP contribution in [-0.2, 0) is 0 Å². The molecular weight excluding hydrogens is 188 g/mol. The van der Waals surface area contributed by atoms with Crippen molar-refractivity contribution < 1.29 is 0 Å². The number of benzene rings is 1. The van der Waals surface area contributed by atoms with E-state index < -0.39 is 0 Å². The summed E-state index contributed by atoms with van der Waals surface area (Å²) < 4.78 is 0. The smallest absolute Gasteiger partial charge is 0.0353 e. The van der Waals surface area contributed by atoms with E-state index in [2.05, 4.69) is 47.9 Å². The third-order valence-corrected chi connectivity index (χ3v) is 4.01. The van der Waals surface area contributed by atoms with Crippen LogP contribution in [0.3, 0.4) is 0 Å². The third-order valence-electron chi connectivity index (χ3n) is 2.92. The van der Waals surface area contributed by atoms with Crippen molar-refractivity contribution in [3.8, 4) is 0 Å². The van der Waals surface area contributed by atoms with Crippen LogP contribution < -0.4 is 0 Å². The minimum absolute atomic E-state index is 0.647. The molecule has 0 radical (unpaired) electrons. The van der Waals surface area contributed by atoms with E-state index in [1.165, 1.54) is 17.5 Å². The van der Waals surface area contributed by atoms with Crippen LogP contribution in [0.1, 0.15) is 22.8 Å². The summed E-state index contributed by atoms with van der Waals surface area (Å²) in [5.41, 5.74) is 2.90. The second-order valence-electron chi connectivity index (χ2n) is 3.84. The SMILES string of the molecule is C1=CC2C=Cc3ccccc3C(C2)S1. The summed E-state index contributed by atoms with van der Waals surface area (Å²) in [4.78, 5) is 0. The van der Waals surface area contributed by atoms with Crippen LogP contribution in [-0.4, -0.2) is 0 Å². The molecule has 0 nitrogen and oxygen atoms in total. The average Bonchev–Trinajstić information content (AvgIpc) is 2.38. The predicted octanol–water partition coefficient (Wildman–Crippen LogP) is 4.02. The van der Waals surface area contributed by atoms with Crippen molar-refractivity contribution in [1.82, 2.24) is 0 Å². The lowest BCUT2D eigenvalue weighted by molar-refractivity contribution is 0.698. The lowest BCUT2D eigenvalue weighted by Gasteiger charge is -2.21. The van der Waals surface area contributed by atoms with Gasteiger partial charge in [0.05, 0.1) is 0 Å². The van der Waals surface area contributed by atoms with Crippen molar-refractivity contribution in [1.29, 1.82) is 0 Å². The molecule has 0 saturated carbocycles. The van der Waals surface area contributed by atoms with Crippen LogP contribution in [0.4, 0.5) is 0 Å². The van der Waals surface area contributed by atoms with Gasteiger partial charge in [0.1, 0.15) is 0 Å². The van der Waals surface area contributed by atoms with Gasteiger partial charge < -0.3 is 0 Å². The molecule has 1 heteroatoms. The fraction of sp³-hybridized carbons (Fsp3) is 0.231. The molecule has 0 saturated heterocycles. The van der Waals surface area contributed by atoms with Crippen molar-refractivity contribution in [2.45, 2.75) is 11.7 Å². The number of allylic oxidation sites excluding steroid dienone is 2. The zero-order chi connectivity index (χ0) is 9.38. The quantitative estimate of drug-likeness (QED) is 0.609. The monoisotopic (exact) mass is 200 g/mol. The van der Waals surface area contributed by atoms with Crippen LogP contribution in [0.15, 0.2) is 41.8 Å². The Hall–Kier alpha value is -0.950. The zero-order valence-corrected chi connectivity index (χ0v) is 8.71. The van der Waals surface area contributed by atoms with Gasteiger partial charge in [-0.25, -0.2) is 0 Å². The molecule has 1 aromatic carbocycles. The highest BCUT2D eigenvalue weighted by molar-refractivity contribution is 8.02. The Morgan fingerprint density at radius 1 is 1.14 bits per heavy atom. The minimum Gasteiger partial charge on any atom is -0.126 e. The van der Waals surface area contributed by atoms with Crippen LogP contribution >= 0.6 is 11.8 Å². The summed E-state index contributed by atoms with van der Waals surface area (Å²) in [7, 11) is 0. The van der Waals surface area contributed by atoms with Gasteiger partial charge in [-0.2, -0.15) is 0 Å². The van der Waals surface area contributed by atoms with Gasteiger partial charge in [0, 0.05) is 5.25 Å². The van der Waals surface area contributed by atoms with Gasteiger partial charge in [-0.1, -0.05) is 42.5 Å². The second-order valence-corrected chi connectivity index (χ2v) is 4.95. The van der Waals surface area contributed by atoms with E-state index in [0.29, 0.717) is 11.2 Å². The van der Waals surface area contributed by atoms with Gasteiger partial charge in [0.15, 0.2) is 0 Å². The largest absolute Gasteiger partial charge is 0.126 e. The van der Waals surface area contributed by atoms with Crippen molar-refractivity contribution in [2.24, 2.45) is 5.92 Å². The van der Waals surface area contributed by atoms with Gasteiger partial charge in [0.2, 0.25) is 0 Å². The molecule has 2 aliphatic rings. The van der Waals surface area contributed by atoms with Crippen LogP contribution in [0, 0.1) is 5.92 Å². The van der Waals surface area contributed by atoms with E-state index in [0.717, 1.165) is 0 Å². The molecule has 3 rings (SSSR count). The molecule has 70 valence electrons. The van der Waals surface area contributed by atoms with Gasteiger partial charge in [-0.15, -0.1) is 11.8 Å². The van der Waals surface area contributed by atoms with Crippen LogP contribution in [0.2, 0.25) is 0 Å². The molecule has 0 aromatic heterocycles. The fourth-order valence-electron chi connectivity index (χ4n) is 2.15. The predicted molar refractivity (Wildman–Crippen MR) is 63.1 cm³/mol. The maximum absolute atomic E-state index is 2.33. The highest BCUT2D eigenvalue weighted by Gasteiger charge is 2.22. The molecule has 14 heavy (non-hydrogen) atoms. The Labute approximate surface area is 88.7 Å². The van der Waals surface area contributed by atoms with E-state index >= 15 is 0 Å². The first-order valence-corrected chi connectivity index (χ1v) is 5.97. The normalized spacial score (nSPS) is 28.3.